The third-order valence-corrected chi connectivity index (χ3v) is 1.14. The van der Waals surface area contributed by atoms with Gasteiger partial charge in [0.2, 0.25) is 0 Å². The van der Waals surface area contributed by atoms with E-state index in [0.717, 1.165) is 0 Å². The molecule has 0 aromatic heterocycles. The summed E-state index contributed by atoms with van der Waals surface area (Å²) in [4.78, 5) is 10.4. The average Bonchev–Trinajstić information content (AvgIpc) is 1.82. The second-order valence-corrected chi connectivity index (χ2v) is 2.99. The summed E-state index contributed by atoms with van der Waals surface area (Å²) in [6, 6.07) is 0.0114. The van der Waals surface area contributed by atoms with Gasteiger partial charge in [0.15, 0.2) is 0 Å². The van der Waals surface area contributed by atoms with Crippen molar-refractivity contribution in [3.05, 3.63) is 11.8 Å². The van der Waals surface area contributed by atoms with Gasteiger partial charge in [0.05, 0.1) is 0 Å². The van der Waals surface area contributed by atoms with Crippen LogP contribution in [-0.4, -0.2) is 18.0 Å². The number of alkyl halides is 3. The van der Waals surface area contributed by atoms with E-state index in [9.17, 15) is 18.0 Å². The lowest BCUT2D eigenvalue weighted by atomic mass is 10.3. The number of allylic oxidation sites excluding steroid dienone is 2. The van der Waals surface area contributed by atoms with Crippen LogP contribution in [0.5, 0.6) is 0 Å². The second kappa shape index (κ2) is 4.30. The summed E-state index contributed by atoms with van der Waals surface area (Å²) in [7, 11) is 0. The first-order valence-corrected chi connectivity index (χ1v) is 3.79. The van der Waals surface area contributed by atoms with Crippen molar-refractivity contribution in [1.82, 2.24) is 5.32 Å². The van der Waals surface area contributed by atoms with Crippen LogP contribution >= 0.6 is 0 Å². The molecule has 0 saturated heterocycles. The molecule has 0 amide bonds. The van der Waals surface area contributed by atoms with Gasteiger partial charge in [-0.15, -0.1) is 0 Å². The Labute approximate surface area is 74.8 Å². The maximum absolute atomic E-state index is 11.7. The van der Waals surface area contributed by atoms with Crippen LogP contribution in [0.3, 0.4) is 0 Å². The molecule has 0 aliphatic heterocycles. The fourth-order valence-electron chi connectivity index (χ4n) is 0.775. The molecule has 0 spiro atoms. The molecule has 1 N–H and O–H groups in total. The third kappa shape index (κ3) is 5.27. The Balaban J connectivity index is 4.32. The molecule has 0 aromatic rings. The van der Waals surface area contributed by atoms with Crippen molar-refractivity contribution in [3.8, 4) is 0 Å². The van der Waals surface area contributed by atoms with Crippen molar-refractivity contribution in [3.63, 3.8) is 0 Å². The van der Waals surface area contributed by atoms with Crippen LogP contribution in [-0.2, 0) is 4.79 Å². The van der Waals surface area contributed by atoms with Gasteiger partial charge in [0, 0.05) is 17.8 Å². The van der Waals surface area contributed by atoms with Crippen LogP contribution in [0.4, 0.5) is 13.2 Å². The maximum Gasteiger partial charge on any atom is 0.454 e. The minimum absolute atomic E-state index is 0.0114. The quantitative estimate of drug-likeness (QED) is 0.698. The lowest BCUT2D eigenvalue weighted by Crippen LogP contribution is -2.25. The fourth-order valence-corrected chi connectivity index (χ4v) is 0.775. The first-order valence-electron chi connectivity index (χ1n) is 3.79. The number of ketones is 1. The fraction of sp³-hybridized carbons (Fsp3) is 0.625. The van der Waals surface area contributed by atoms with Crippen LogP contribution in [0.1, 0.15) is 20.8 Å². The molecule has 0 saturated carbocycles. The third-order valence-electron chi connectivity index (χ3n) is 1.14. The molecule has 0 radical (unpaired) electrons. The van der Waals surface area contributed by atoms with Crippen molar-refractivity contribution < 1.29 is 18.0 Å². The van der Waals surface area contributed by atoms with E-state index in [1.807, 2.05) is 0 Å². The Morgan fingerprint density at radius 2 is 1.85 bits per heavy atom. The molecular formula is C8H12F3NO. The van der Waals surface area contributed by atoms with Gasteiger partial charge in [-0.05, 0) is 20.8 Å². The molecule has 13 heavy (non-hydrogen) atoms. The molecular weight excluding hydrogens is 183 g/mol. The molecule has 0 rings (SSSR count). The van der Waals surface area contributed by atoms with Gasteiger partial charge in [-0.3, -0.25) is 4.79 Å². The highest BCUT2D eigenvalue weighted by atomic mass is 19.4. The Kier molecular flexibility index (Phi) is 3.97. The van der Waals surface area contributed by atoms with E-state index in [2.05, 4.69) is 5.32 Å². The van der Waals surface area contributed by atoms with E-state index in [1.165, 1.54) is 6.92 Å². The maximum atomic E-state index is 11.7. The lowest BCUT2D eigenvalue weighted by molar-refractivity contribution is -0.165. The predicted octanol–water partition coefficient (Wildman–Crippen LogP) is 2.02. The first-order chi connectivity index (χ1) is 5.73. The van der Waals surface area contributed by atoms with Crippen molar-refractivity contribution in [2.75, 3.05) is 0 Å². The van der Waals surface area contributed by atoms with Gasteiger partial charge in [-0.2, -0.15) is 13.2 Å². The SMILES string of the molecule is CC(=CC(=O)C(F)(F)F)NC(C)C. The van der Waals surface area contributed by atoms with Gasteiger partial charge in [0.25, 0.3) is 5.78 Å². The van der Waals surface area contributed by atoms with Gasteiger partial charge in [-0.1, -0.05) is 0 Å². The molecule has 0 heterocycles. The minimum Gasteiger partial charge on any atom is -0.386 e. The van der Waals surface area contributed by atoms with E-state index in [4.69, 9.17) is 0 Å². The van der Waals surface area contributed by atoms with Gasteiger partial charge < -0.3 is 5.32 Å². The highest BCUT2D eigenvalue weighted by Gasteiger charge is 2.36. The van der Waals surface area contributed by atoms with Gasteiger partial charge in [-0.25, -0.2) is 0 Å². The molecule has 76 valence electrons. The minimum atomic E-state index is -4.78. The van der Waals surface area contributed by atoms with Crippen LogP contribution in [0.15, 0.2) is 11.8 Å². The van der Waals surface area contributed by atoms with Crippen molar-refractivity contribution in [2.24, 2.45) is 0 Å². The van der Waals surface area contributed by atoms with Crippen LogP contribution in [0.25, 0.3) is 0 Å². The molecule has 0 fully saturated rings. The molecule has 0 aromatic carbocycles. The number of hydrogen-bond donors (Lipinski definition) is 1. The smallest absolute Gasteiger partial charge is 0.386 e. The Hall–Kier alpha value is -1.00. The second-order valence-electron chi connectivity index (χ2n) is 2.99. The van der Waals surface area contributed by atoms with Crippen molar-refractivity contribution >= 4 is 5.78 Å². The predicted molar refractivity (Wildman–Crippen MR) is 43.1 cm³/mol. The molecule has 0 aliphatic rings. The summed E-state index contributed by atoms with van der Waals surface area (Å²) in [5.41, 5.74) is 0.220. The summed E-state index contributed by atoms with van der Waals surface area (Å²) >= 11 is 0. The number of nitrogens with one attached hydrogen (secondary N) is 1. The van der Waals surface area contributed by atoms with E-state index in [0.29, 0.717) is 6.08 Å². The average molecular weight is 195 g/mol. The van der Waals surface area contributed by atoms with Crippen molar-refractivity contribution in [2.45, 2.75) is 33.0 Å². The van der Waals surface area contributed by atoms with Crippen molar-refractivity contribution in [1.29, 1.82) is 0 Å². The number of rotatable bonds is 3. The number of halogens is 3. The highest BCUT2D eigenvalue weighted by Crippen LogP contribution is 2.16. The van der Waals surface area contributed by atoms with Crippen LogP contribution in [0, 0.1) is 0 Å². The standard InChI is InChI=1S/C8H12F3NO/c1-5(2)12-6(3)4-7(13)8(9,10)11/h4-5,12H,1-3H3. The lowest BCUT2D eigenvalue weighted by Gasteiger charge is -2.09. The molecule has 5 heteroatoms. The largest absolute Gasteiger partial charge is 0.454 e. The molecule has 0 atom stereocenters. The Morgan fingerprint density at radius 1 is 1.38 bits per heavy atom. The van der Waals surface area contributed by atoms with Crippen LogP contribution < -0.4 is 5.32 Å². The zero-order valence-electron chi connectivity index (χ0n) is 7.70. The summed E-state index contributed by atoms with van der Waals surface area (Å²) in [5, 5.41) is 2.69. The topological polar surface area (TPSA) is 29.1 Å². The molecule has 0 unspecified atom stereocenters. The summed E-state index contributed by atoms with van der Waals surface area (Å²) in [6.45, 7) is 4.97. The molecule has 0 bridgehead atoms. The van der Waals surface area contributed by atoms with E-state index in [-0.39, 0.29) is 11.7 Å². The van der Waals surface area contributed by atoms with E-state index >= 15 is 0 Å². The zero-order chi connectivity index (χ0) is 10.6. The van der Waals surface area contributed by atoms with Gasteiger partial charge in [0.1, 0.15) is 0 Å². The van der Waals surface area contributed by atoms with E-state index < -0.39 is 12.0 Å². The Bertz CT molecular complexity index is 218. The summed E-state index contributed by atoms with van der Waals surface area (Å²) in [5.74, 6) is -1.84. The summed E-state index contributed by atoms with van der Waals surface area (Å²) in [6.07, 6.45) is -4.22. The number of carbonyl (C=O) groups is 1. The number of carbonyl (C=O) groups excluding carboxylic acids is 1. The number of hydrogen-bond acceptors (Lipinski definition) is 2. The summed E-state index contributed by atoms with van der Waals surface area (Å²) < 4.78 is 35.2. The monoisotopic (exact) mass is 195 g/mol. The Morgan fingerprint density at radius 3 is 2.15 bits per heavy atom. The molecule has 2 nitrogen and oxygen atoms in total. The van der Waals surface area contributed by atoms with Gasteiger partial charge >= 0.3 is 6.18 Å². The van der Waals surface area contributed by atoms with Crippen LogP contribution in [0.2, 0.25) is 0 Å². The van der Waals surface area contributed by atoms with E-state index in [1.54, 1.807) is 13.8 Å². The normalized spacial score (nSPS) is 13.3. The first kappa shape index (κ1) is 12.0. The zero-order valence-corrected chi connectivity index (χ0v) is 7.70. The highest BCUT2D eigenvalue weighted by molar-refractivity contribution is 5.94. The molecule has 0 aliphatic carbocycles.